The zero-order valence-electron chi connectivity index (χ0n) is 17.2. The summed E-state index contributed by atoms with van der Waals surface area (Å²) in [5.41, 5.74) is 0.476. The Hall–Kier alpha value is -2.94. The van der Waals surface area contributed by atoms with Crippen LogP contribution in [0.4, 0.5) is 0 Å². The number of nitrogens with zero attached hydrogens (tertiary/aromatic N) is 1. The van der Waals surface area contributed by atoms with Crippen LogP contribution >= 0.6 is 0 Å². The monoisotopic (exact) mass is 429 g/mol. The lowest BCUT2D eigenvalue weighted by atomic mass is 9.98. The summed E-state index contributed by atoms with van der Waals surface area (Å²) in [5.74, 6) is -1.56. The molecule has 3 aliphatic rings. The van der Waals surface area contributed by atoms with E-state index in [1.807, 2.05) is 6.07 Å². The van der Waals surface area contributed by atoms with Crippen molar-refractivity contribution in [2.75, 3.05) is 0 Å². The lowest BCUT2D eigenvalue weighted by molar-refractivity contribution is -0.155. The molecular weight excluding hydrogens is 402 g/mol. The maximum absolute atomic E-state index is 13.4. The fourth-order valence-corrected chi connectivity index (χ4v) is 4.70. The van der Waals surface area contributed by atoms with Gasteiger partial charge in [-0.15, -0.1) is 0 Å². The summed E-state index contributed by atoms with van der Waals surface area (Å²) >= 11 is 0. The van der Waals surface area contributed by atoms with E-state index in [1.165, 1.54) is 0 Å². The maximum Gasteiger partial charge on any atom is 0.310 e. The molecule has 3 saturated heterocycles. The molecule has 9 nitrogen and oxygen atoms in total. The number of hydrogen-bond donors (Lipinski definition) is 3. The summed E-state index contributed by atoms with van der Waals surface area (Å²) in [7, 11) is 0. The molecule has 2 unspecified atom stereocenters. The SMILES string of the molecule is O=C1CC(NC(=O)[C@@H]2CC[C@@H]3CCCC[C@@H](NC(=O)c4ccccc4)C(=O)N32)C(O)O1. The second-order valence-electron chi connectivity index (χ2n) is 8.37. The first kappa shape index (κ1) is 21.3. The van der Waals surface area contributed by atoms with Gasteiger partial charge in [0.1, 0.15) is 18.1 Å². The summed E-state index contributed by atoms with van der Waals surface area (Å²) < 4.78 is 4.68. The van der Waals surface area contributed by atoms with Gasteiger partial charge in [0, 0.05) is 11.6 Å². The van der Waals surface area contributed by atoms with E-state index in [1.54, 1.807) is 29.2 Å². The lowest BCUT2D eigenvalue weighted by Gasteiger charge is -2.35. The van der Waals surface area contributed by atoms with Crippen molar-refractivity contribution in [3.63, 3.8) is 0 Å². The second-order valence-corrected chi connectivity index (χ2v) is 8.37. The number of fused-ring (bicyclic) bond motifs is 1. The highest BCUT2D eigenvalue weighted by atomic mass is 16.6. The van der Waals surface area contributed by atoms with Crippen molar-refractivity contribution >= 4 is 23.7 Å². The highest BCUT2D eigenvalue weighted by Crippen LogP contribution is 2.31. The van der Waals surface area contributed by atoms with Gasteiger partial charge in [-0.2, -0.15) is 0 Å². The van der Waals surface area contributed by atoms with E-state index in [4.69, 9.17) is 0 Å². The van der Waals surface area contributed by atoms with Crippen molar-refractivity contribution in [1.82, 2.24) is 15.5 Å². The number of ether oxygens (including phenoxy) is 1. The minimum Gasteiger partial charge on any atom is -0.434 e. The van der Waals surface area contributed by atoms with Crippen LogP contribution < -0.4 is 10.6 Å². The van der Waals surface area contributed by atoms with Crippen molar-refractivity contribution < 1.29 is 29.0 Å². The molecule has 9 heteroatoms. The Morgan fingerprint density at radius 1 is 1.00 bits per heavy atom. The molecule has 166 valence electrons. The number of nitrogens with one attached hydrogen (secondary N) is 2. The Morgan fingerprint density at radius 2 is 1.74 bits per heavy atom. The predicted octanol–water partition coefficient (Wildman–Crippen LogP) is 0.469. The summed E-state index contributed by atoms with van der Waals surface area (Å²) in [4.78, 5) is 51.9. The molecular formula is C22H27N3O6. The first-order chi connectivity index (χ1) is 14.9. The second kappa shape index (κ2) is 9.05. The molecule has 0 spiro atoms. The Morgan fingerprint density at radius 3 is 2.45 bits per heavy atom. The Kier molecular flexibility index (Phi) is 6.22. The van der Waals surface area contributed by atoms with E-state index >= 15 is 0 Å². The molecule has 3 aliphatic heterocycles. The first-order valence-electron chi connectivity index (χ1n) is 10.8. The lowest BCUT2D eigenvalue weighted by Crippen LogP contribution is -2.57. The smallest absolute Gasteiger partial charge is 0.310 e. The van der Waals surface area contributed by atoms with Gasteiger partial charge in [-0.05, 0) is 37.8 Å². The third-order valence-corrected chi connectivity index (χ3v) is 6.29. The minimum atomic E-state index is -1.38. The summed E-state index contributed by atoms with van der Waals surface area (Å²) in [6.45, 7) is 0. The molecule has 1 aromatic carbocycles. The Labute approximate surface area is 180 Å². The number of carbonyl (C=O) groups excluding carboxylic acids is 4. The first-order valence-corrected chi connectivity index (χ1v) is 10.8. The van der Waals surface area contributed by atoms with E-state index in [9.17, 15) is 24.3 Å². The maximum atomic E-state index is 13.4. The normalized spacial score (nSPS) is 30.7. The number of amides is 3. The molecule has 31 heavy (non-hydrogen) atoms. The summed E-state index contributed by atoms with van der Waals surface area (Å²) in [6.07, 6.45) is 2.76. The molecule has 0 bridgehead atoms. The molecule has 0 radical (unpaired) electrons. The van der Waals surface area contributed by atoms with E-state index < -0.39 is 36.3 Å². The highest BCUT2D eigenvalue weighted by Gasteiger charge is 2.45. The number of aliphatic hydroxyl groups excluding tert-OH is 1. The third kappa shape index (κ3) is 4.56. The largest absolute Gasteiger partial charge is 0.434 e. The van der Waals surface area contributed by atoms with E-state index in [0.29, 0.717) is 24.8 Å². The average molecular weight is 429 g/mol. The Bertz CT molecular complexity index is 860. The molecule has 1 aromatic rings. The van der Waals surface area contributed by atoms with E-state index in [-0.39, 0.29) is 24.3 Å². The van der Waals surface area contributed by atoms with Crippen LogP contribution in [-0.4, -0.2) is 64.2 Å². The van der Waals surface area contributed by atoms with Gasteiger partial charge < -0.3 is 25.4 Å². The molecule has 3 N–H and O–H groups in total. The number of cyclic esters (lactones) is 1. The third-order valence-electron chi connectivity index (χ3n) is 6.29. The Balaban J connectivity index is 1.48. The standard InChI is InChI=1S/C22H27N3O6/c26-18-12-16(22(30)31-18)24-20(28)17-11-10-14-8-4-5-9-15(21(29)25(14)17)23-19(27)13-6-2-1-3-7-13/h1-3,6-7,14-17,22,30H,4-5,8-12H2,(H,23,27)(H,24,28)/t14-,15+,16?,17-,22?/m0/s1. The summed E-state index contributed by atoms with van der Waals surface area (Å²) in [5, 5.41) is 15.3. The van der Waals surface area contributed by atoms with Crippen molar-refractivity contribution in [3.05, 3.63) is 35.9 Å². The number of esters is 1. The topological polar surface area (TPSA) is 125 Å². The van der Waals surface area contributed by atoms with Crippen LogP contribution in [0, 0.1) is 0 Å². The molecule has 4 rings (SSSR count). The molecule has 5 atom stereocenters. The molecule has 3 heterocycles. The fraction of sp³-hybridized carbons (Fsp3) is 0.545. The van der Waals surface area contributed by atoms with Gasteiger partial charge >= 0.3 is 5.97 Å². The van der Waals surface area contributed by atoms with Crippen LogP contribution in [-0.2, 0) is 19.1 Å². The number of carbonyl (C=O) groups is 4. The van der Waals surface area contributed by atoms with Gasteiger partial charge in [0.25, 0.3) is 5.91 Å². The van der Waals surface area contributed by atoms with Gasteiger partial charge in [-0.1, -0.05) is 31.0 Å². The number of rotatable bonds is 4. The van der Waals surface area contributed by atoms with Crippen LogP contribution in [0.5, 0.6) is 0 Å². The van der Waals surface area contributed by atoms with Crippen LogP contribution in [0.25, 0.3) is 0 Å². The van der Waals surface area contributed by atoms with Crippen molar-refractivity contribution in [1.29, 1.82) is 0 Å². The number of benzene rings is 1. The predicted molar refractivity (Wildman–Crippen MR) is 108 cm³/mol. The van der Waals surface area contributed by atoms with Crippen molar-refractivity contribution in [2.45, 2.75) is 75.4 Å². The van der Waals surface area contributed by atoms with Crippen LogP contribution in [0.1, 0.15) is 55.3 Å². The number of hydrogen-bond acceptors (Lipinski definition) is 6. The van der Waals surface area contributed by atoms with Gasteiger partial charge in [-0.3, -0.25) is 19.2 Å². The fourth-order valence-electron chi connectivity index (χ4n) is 4.70. The van der Waals surface area contributed by atoms with Crippen LogP contribution in [0.3, 0.4) is 0 Å². The molecule has 3 fully saturated rings. The van der Waals surface area contributed by atoms with Gasteiger partial charge in [-0.25, -0.2) is 0 Å². The highest BCUT2D eigenvalue weighted by molar-refractivity contribution is 5.98. The van der Waals surface area contributed by atoms with Crippen molar-refractivity contribution in [2.24, 2.45) is 0 Å². The van der Waals surface area contributed by atoms with Crippen LogP contribution in [0.2, 0.25) is 0 Å². The summed E-state index contributed by atoms with van der Waals surface area (Å²) in [6, 6.07) is 6.43. The zero-order valence-corrected chi connectivity index (χ0v) is 17.2. The molecule has 0 saturated carbocycles. The molecule has 0 aliphatic carbocycles. The molecule has 0 aromatic heterocycles. The van der Waals surface area contributed by atoms with E-state index in [2.05, 4.69) is 15.4 Å². The zero-order chi connectivity index (χ0) is 22.0. The number of aliphatic hydroxyl groups is 1. The van der Waals surface area contributed by atoms with Crippen molar-refractivity contribution in [3.8, 4) is 0 Å². The van der Waals surface area contributed by atoms with Gasteiger partial charge in [0.2, 0.25) is 18.1 Å². The van der Waals surface area contributed by atoms with Gasteiger partial charge in [0.15, 0.2) is 0 Å². The van der Waals surface area contributed by atoms with Crippen LogP contribution in [0.15, 0.2) is 30.3 Å². The average Bonchev–Trinajstić information content (AvgIpc) is 3.31. The quantitative estimate of drug-likeness (QED) is 0.598. The van der Waals surface area contributed by atoms with E-state index in [0.717, 1.165) is 19.3 Å². The van der Waals surface area contributed by atoms with Gasteiger partial charge in [0.05, 0.1) is 6.42 Å². The minimum absolute atomic E-state index is 0.0638. The molecule has 3 amide bonds.